The van der Waals surface area contributed by atoms with Crippen LogP contribution in [0.5, 0.6) is 0 Å². The van der Waals surface area contributed by atoms with Crippen molar-refractivity contribution in [3.63, 3.8) is 0 Å². The van der Waals surface area contributed by atoms with Crippen molar-refractivity contribution in [3.05, 3.63) is 29.6 Å². The lowest BCUT2D eigenvalue weighted by Gasteiger charge is -2.40. The SMILES string of the molecule is CCC1CNC(C)CN1c1cc(F)cc(F)c1F. The summed E-state index contributed by atoms with van der Waals surface area (Å²) in [6.07, 6.45) is 0.789. The largest absolute Gasteiger partial charge is 0.363 e. The lowest BCUT2D eigenvalue weighted by Crippen LogP contribution is -2.55. The van der Waals surface area contributed by atoms with E-state index in [0.29, 0.717) is 19.2 Å². The highest BCUT2D eigenvalue weighted by Crippen LogP contribution is 2.27. The van der Waals surface area contributed by atoms with Gasteiger partial charge in [0.15, 0.2) is 11.6 Å². The molecule has 2 atom stereocenters. The Balaban J connectivity index is 2.38. The first-order chi connectivity index (χ1) is 8.52. The second-order valence-electron chi connectivity index (χ2n) is 4.74. The van der Waals surface area contributed by atoms with E-state index in [1.165, 1.54) is 0 Å². The van der Waals surface area contributed by atoms with Crippen LogP contribution in [-0.2, 0) is 0 Å². The Morgan fingerprint density at radius 1 is 1.33 bits per heavy atom. The van der Waals surface area contributed by atoms with E-state index in [-0.39, 0.29) is 17.8 Å². The van der Waals surface area contributed by atoms with Gasteiger partial charge in [-0.15, -0.1) is 0 Å². The Kier molecular flexibility index (Phi) is 3.80. The van der Waals surface area contributed by atoms with Gasteiger partial charge in [-0.25, -0.2) is 13.2 Å². The van der Waals surface area contributed by atoms with Crippen LogP contribution in [0.4, 0.5) is 18.9 Å². The van der Waals surface area contributed by atoms with Crippen molar-refractivity contribution in [1.29, 1.82) is 0 Å². The average molecular weight is 258 g/mol. The molecule has 1 aromatic carbocycles. The number of rotatable bonds is 2. The van der Waals surface area contributed by atoms with Crippen LogP contribution in [0.3, 0.4) is 0 Å². The summed E-state index contributed by atoms with van der Waals surface area (Å²) in [5, 5.41) is 3.28. The normalized spacial score (nSPS) is 24.4. The van der Waals surface area contributed by atoms with E-state index in [0.717, 1.165) is 12.5 Å². The van der Waals surface area contributed by atoms with Crippen LogP contribution in [-0.4, -0.2) is 25.2 Å². The first-order valence-corrected chi connectivity index (χ1v) is 6.17. The number of piperazine rings is 1. The van der Waals surface area contributed by atoms with Gasteiger partial charge in [-0.2, -0.15) is 0 Å². The van der Waals surface area contributed by atoms with Crippen molar-refractivity contribution in [2.45, 2.75) is 32.4 Å². The molecule has 0 radical (unpaired) electrons. The van der Waals surface area contributed by atoms with Crippen LogP contribution in [0, 0.1) is 17.5 Å². The fourth-order valence-corrected chi connectivity index (χ4v) is 2.37. The molecule has 0 aromatic heterocycles. The highest BCUT2D eigenvalue weighted by molar-refractivity contribution is 5.50. The summed E-state index contributed by atoms with van der Waals surface area (Å²) in [6.45, 7) is 5.17. The summed E-state index contributed by atoms with van der Waals surface area (Å²) in [4.78, 5) is 1.75. The van der Waals surface area contributed by atoms with Gasteiger partial charge in [0.25, 0.3) is 0 Å². The minimum absolute atomic E-state index is 0.0210. The van der Waals surface area contributed by atoms with Gasteiger partial charge in [0.1, 0.15) is 5.82 Å². The van der Waals surface area contributed by atoms with E-state index < -0.39 is 17.5 Å². The summed E-state index contributed by atoms with van der Waals surface area (Å²) in [5.41, 5.74) is 0.0210. The molecule has 1 aliphatic rings. The Labute approximate surface area is 105 Å². The molecule has 1 saturated heterocycles. The number of nitrogens with zero attached hydrogens (tertiary/aromatic N) is 1. The Morgan fingerprint density at radius 3 is 2.72 bits per heavy atom. The minimum Gasteiger partial charge on any atom is -0.363 e. The van der Waals surface area contributed by atoms with Crippen LogP contribution in [0.15, 0.2) is 12.1 Å². The first-order valence-electron chi connectivity index (χ1n) is 6.17. The van der Waals surface area contributed by atoms with E-state index in [1.54, 1.807) is 4.90 Å². The minimum atomic E-state index is -1.13. The topological polar surface area (TPSA) is 15.3 Å². The van der Waals surface area contributed by atoms with E-state index >= 15 is 0 Å². The van der Waals surface area contributed by atoms with Crippen LogP contribution < -0.4 is 10.2 Å². The zero-order valence-electron chi connectivity index (χ0n) is 10.5. The molecule has 0 saturated carbocycles. The van der Waals surface area contributed by atoms with Crippen LogP contribution in [0.25, 0.3) is 0 Å². The first kappa shape index (κ1) is 13.2. The Morgan fingerprint density at radius 2 is 2.06 bits per heavy atom. The standard InChI is InChI=1S/C13H17F3N2/c1-3-10-6-17-8(2)7-18(10)12-5-9(14)4-11(15)13(12)16/h4-5,8,10,17H,3,6-7H2,1-2H3. The molecule has 18 heavy (non-hydrogen) atoms. The van der Waals surface area contributed by atoms with Crippen molar-refractivity contribution in [2.75, 3.05) is 18.0 Å². The molecule has 0 aliphatic carbocycles. The zero-order chi connectivity index (χ0) is 13.3. The van der Waals surface area contributed by atoms with Crippen LogP contribution >= 0.6 is 0 Å². The van der Waals surface area contributed by atoms with Gasteiger partial charge in [-0.1, -0.05) is 6.92 Å². The Hall–Kier alpha value is -1.23. The number of hydrogen-bond acceptors (Lipinski definition) is 2. The molecule has 0 amide bonds. The van der Waals surface area contributed by atoms with E-state index in [2.05, 4.69) is 5.32 Å². The fraction of sp³-hybridized carbons (Fsp3) is 0.538. The maximum atomic E-state index is 13.8. The molecule has 1 aromatic rings. The molecular formula is C13H17F3N2. The third-order valence-electron chi connectivity index (χ3n) is 3.37. The summed E-state index contributed by atoms with van der Waals surface area (Å²) < 4.78 is 40.3. The Bertz CT molecular complexity index is 436. The molecule has 1 heterocycles. The third kappa shape index (κ3) is 2.46. The predicted octanol–water partition coefficient (Wildman–Crippen LogP) is 2.68. The summed E-state index contributed by atoms with van der Waals surface area (Å²) >= 11 is 0. The third-order valence-corrected chi connectivity index (χ3v) is 3.37. The van der Waals surface area contributed by atoms with E-state index in [9.17, 15) is 13.2 Å². The smallest absolute Gasteiger partial charge is 0.182 e. The van der Waals surface area contributed by atoms with E-state index in [1.807, 2.05) is 13.8 Å². The monoisotopic (exact) mass is 258 g/mol. The molecule has 2 rings (SSSR count). The number of anilines is 1. The van der Waals surface area contributed by atoms with Crippen molar-refractivity contribution in [1.82, 2.24) is 5.32 Å². The molecular weight excluding hydrogens is 241 g/mol. The predicted molar refractivity (Wildman–Crippen MR) is 65.2 cm³/mol. The van der Waals surface area contributed by atoms with Gasteiger partial charge in [-0.3, -0.25) is 0 Å². The van der Waals surface area contributed by atoms with Crippen LogP contribution in [0.1, 0.15) is 20.3 Å². The maximum Gasteiger partial charge on any atom is 0.182 e. The number of hydrogen-bond donors (Lipinski definition) is 1. The quantitative estimate of drug-likeness (QED) is 0.820. The molecule has 2 unspecified atom stereocenters. The van der Waals surface area contributed by atoms with E-state index in [4.69, 9.17) is 0 Å². The second-order valence-corrected chi connectivity index (χ2v) is 4.74. The molecule has 1 N–H and O–H groups in total. The van der Waals surface area contributed by atoms with Crippen molar-refractivity contribution < 1.29 is 13.2 Å². The van der Waals surface area contributed by atoms with Crippen molar-refractivity contribution >= 4 is 5.69 Å². The second kappa shape index (κ2) is 5.18. The molecule has 5 heteroatoms. The molecule has 2 nitrogen and oxygen atoms in total. The number of benzene rings is 1. The molecule has 0 bridgehead atoms. The van der Waals surface area contributed by atoms with Gasteiger partial charge in [0.2, 0.25) is 0 Å². The number of halogens is 3. The highest BCUT2D eigenvalue weighted by atomic mass is 19.2. The summed E-state index contributed by atoms with van der Waals surface area (Å²) in [6, 6.07) is 1.86. The van der Waals surface area contributed by atoms with Crippen LogP contribution in [0.2, 0.25) is 0 Å². The number of nitrogens with one attached hydrogen (secondary N) is 1. The zero-order valence-corrected chi connectivity index (χ0v) is 10.5. The highest BCUT2D eigenvalue weighted by Gasteiger charge is 2.28. The lowest BCUT2D eigenvalue weighted by atomic mass is 10.1. The molecule has 1 aliphatic heterocycles. The molecule has 1 fully saturated rings. The molecule has 100 valence electrons. The average Bonchev–Trinajstić information content (AvgIpc) is 2.33. The van der Waals surface area contributed by atoms with Crippen molar-refractivity contribution in [2.24, 2.45) is 0 Å². The summed E-state index contributed by atoms with van der Waals surface area (Å²) in [5.74, 6) is -2.85. The molecule has 0 spiro atoms. The maximum absolute atomic E-state index is 13.8. The van der Waals surface area contributed by atoms with Crippen molar-refractivity contribution in [3.8, 4) is 0 Å². The van der Waals surface area contributed by atoms with Gasteiger partial charge in [0.05, 0.1) is 5.69 Å². The lowest BCUT2D eigenvalue weighted by molar-refractivity contribution is 0.393. The van der Waals surface area contributed by atoms with Gasteiger partial charge < -0.3 is 10.2 Å². The fourth-order valence-electron chi connectivity index (χ4n) is 2.37. The summed E-state index contributed by atoms with van der Waals surface area (Å²) in [7, 11) is 0. The van der Waals surface area contributed by atoms with Gasteiger partial charge >= 0.3 is 0 Å². The van der Waals surface area contributed by atoms with Gasteiger partial charge in [0, 0.05) is 37.3 Å². The van der Waals surface area contributed by atoms with Gasteiger partial charge in [-0.05, 0) is 13.3 Å².